The molecule has 0 radical (unpaired) electrons. The Balaban J connectivity index is 1.31. The van der Waals surface area contributed by atoms with Crippen molar-refractivity contribution in [2.45, 2.75) is 0 Å². The van der Waals surface area contributed by atoms with Crippen LogP contribution < -0.4 is 15.4 Å². The summed E-state index contributed by atoms with van der Waals surface area (Å²) in [7, 11) is 0. The van der Waals surface area contributed by atoms with Crippen molar-refractivity contribution in [1.29, 1.82) is 0 Å². The molecule has 154 valence electrons. The molecule has 10 nitrogen and oxygen atoms in total. The summed E-state index contributed by atoms with van der Waals surface area (Å²) in [6, 6.07) is 16.0. The number of hydrogen-bond acceptors (Lipinski definition) is 7. The summed E-state index contributed by atoms with van der Waals surface area (Å²) in [4.78, 5) is 27.4. The monoisotopic (exact) mass is 407 g/mol. The Labute approximate surface area is 172 Å². The van der Waals surface area contributed by atoms with E-state index in [1.807, 2.05) is 30.3 Å². The number of carbonyl (C=O) groups is 2. The van der Waals surface area contributed by atoms with Gasteiger partial charge in [0.25, 0.3) is 5.91 Å². The van der Waals surface area contributed by atoms with Gasteiger partial charge < -0.3 is 20.3 Å². The SMILES string of the molecule is NC(=O)c1ccc(OCC(=O)N2CCN(c3nnnn3-c3ccccc3)CC2)cc1. The van der Waals surface area contributed by atoms with E-state index in [0.29, 0.717) is 43.4 Å². The number of ether oxygens (including phenoxy) is 1. The molecule has 10 heteroatoms. The highest BCUT2D eigenvalue weighted by Gasteiger charge is 2.25. The molecule has 1 aliphatic rings. The lowest BCUT2D eigenvalue weighted by atomic mass is 10.2. The van der Waals surface area contributed by atoms with Crippen molar-refractivity contribution in [2.75, 3.05) is 37.7 Å². The molecule has 2 heterocycles. The van der Waals surface area contributed by atoms with E-state index in [1.54, 1.807) is 33.8 Å². The topological polar surface area (TPSA) is 119 Å². The molecule has 0 atom stereocenters. The van der Waals surface area contributed by atoms with Crippen LogP contribution in [-0.4, -0.2) is 69.7 Å². The van der Waals surface area contributed by atoms with Crippen LogP contribution >= 0.6 is 0 Å². The van der Waals surface area contributed by atoms with Crippen LogP contribution in [0.5, 0.6) is 5.75 Å². The Bertz CT molecular complexity index is 1010. The minimum absolute atomic E-state index is 0.0718. The molecule has 3 aromatic rings. The molecule has 0 bridgehead atoms. The number of hydrogen-bond donors (Lipinski definition) is 1. The van der Waals surface area contributed by atoms with Crippen molar-refractivity contribution in [3.05, 3.63) is 60.2 Å². The molecule has 1 saturated heterocycles. The number of primary amides is 1. The number of tetrazole rings is 1. The van der Waals surface area contributed by atoms with E-state index in [4.69, 9.17) is 10.5 Å². The Morgan fingerprint density at radius 1 is 0.967 bits per heavy atom. The van der Waals surface area contributed by atoms with Crippen LogP contribution in [0.2, 0.25) is 0 Å². The van der Waals surface area contributed by atoms with Crippen molar-refractivity contribution in [3.8, 4) is 11.4 Å². The first kappa shape index (κ1) is 19.4. The zero-order valence-corrected chi connectivity index (χ0v) is 16.2. The van der Waals surface area contributed by atoms with Gasteiger partial charge in [0.1, 0.15) is 5.75 Å². The second-order valence-corrected chi connectivity index (χ2v) is 6.77. The fourth-order valence-corrected chi connectivity index (χ4v) is 3.22. The number of para-hydroxylation sites is 1. The van der Waals surface area contributed by atoms with Crippen molar-refractivity contribution in [3.63, 3.8) is 0 Å². The number of amides is 2. The van der Waals surface area contributed by atoms with Crippen LogP contribution in [0, 0.1) is 0 Å². The zero-order valence-electron chi connectivity index (χ0n) is 16.2. The van der Waals surface area contributed by atoms with Crippen LogP contribution in [0.25, 0.3) is 5.69 Å². The standard InChI is InChI=1S/C20H21N7O3/c21-19(29)15-6-8-17(9-7-15)30-14-18(28)25-10-12-26(13-11-25)20-22-23-24-27(20)16-4-2-1-3-5-16/h1-9H,10-14H2,(H2,21,29). The molecule has 0 saturated carbocycles. The molecular formula is C20H21N7O3. The van der Waals surface area contributed by atoms with Crippen LogP contribution in [0.15, 0.2) is 54.6 Å². The summed E-state index contributed by atoms with van der Waals surface area (Å²) in [5.74, 6) is 0.554. The highest BCUT2D eigenvalue weighted by Crippen LogP contribution is 2.17. The Kier molecular flexibility index (Phi) is 5.55. The lowest BCUT2D eigenvalue weighted by molar-refractivity contribution is -0.133. The molecule has 1 aromatic heterocycles. The number of aromatic nitrogens is 4. The normalized spacial score (nSPS) is 13.9. The van der Waals surface area contributed by atoms with Crippen LogP contribution in [0.1, 0.15) is 10.4 Å². The third kappa shape index (κ3) is 4.22. The minimum atomic E-state index is -0.506. The van der Waals surface area contributed by atoms with Crippen molar-refractivity contribution in [2.24, 2.45) is 5.73 Å². The third-order valence-electron chi connectivity index (χ3n) is 4.87. The van der Waals surface area contributed by atoms with Crippen molar-refractivity contribution in [1.82, 2.24) is 25.1 Å². The molecule has 2 amide bonds. The maximum atomic E-state index is 12.5. The number of benzene rings is 2. The Hall–Kier alpha value is -3.95. The van der Waals surface area contributed by atoms with E-state index in [-0.39, 0.29) is 12.5 Å². The second-order valence-electron chi connectivity index (χ2n) is 6.77. The predicted molar refractivity (Wildman–Crippen MR) is 108 cm³/mol. The number of piperazine rings is 1. The lowest BCUT2D eigenvalue weighted by Crippen LogP contribution is -2.50. The molecular weight excluding hydrogens is 386 g/mol. The third-order valence-corrected chi connectivity index (χ3v) is 4.87. The van der Waals surface area contributed by atoms with Gasteiger partial charge in [0.05, 0.1) is 5.69 Å². The maximum Gasteiger partial charge on any atom is 0.260 e. The average Bonchev–Trinajstić information content (AvgIpc) is 3.28. The van der Waals surface area contributed by atoms with Gasteiger partial charge in [-0.1, -0.05) is 23.3 Å². The molecule has 2 aromatic carbocycles. The van der Waals surface area contributed by atoms with Crippen molar-refractivity contribution >= 4 is 17.8 Å². The fraction of sp³-hybridized carbons (Fsp3) is 0.250. The fourth-order valence-electron chi connectivity index (χ4n) is 3.22. The average molecular weight is 407 g/mol. The predicted octanol–water partition coefficient (Wildman–Crippen LogP) is 0.489. The highest BCUT2D eigenvalue weighted by molar-refractivity contribution is 5.92. The quantitative estimate of drug-likeness (QED) is 0.631. The summed E-state index contributed by atoms with van der Waals surface area (Å²) in [5.41, 5.74) is 6.49. The van der Waals surface area contributed by atoms with Gasteiger partial charge in [0, 0.05) is 31.7 Å². The first-order valence-electron chi connectivity index (χ1n) is 9.51. The van der Waals surface area contributed by atoms with E-state index < -0.39 is 5.91 Å². The molecule has 1 aliphatic heterocycles. The summed E-state index contributed by atoms with van der Waals surface area (Å²) in [6.45, 7) is 2.26. The second kappa shape index (κ2) is 8.60. The van der Waals surface area contributed by atoms with Gasteiger partial charge in [-0.15, -0.1) is 0 Å². The maximum absolute atomic E-state index is 12.5. The molecule has 30 heavy (non-hydrogen) atoms. The van der Waals surface area contributed by atoms with E-state index in [9.17, 15) is 9.59 Å². The van der Waals surface area contributed by atoms with Gasteiger partial charge in [-0.25, -0.2) is 0 Å². The van der Waals surface area contributed by atoms with Crippen molar-refractivity contribution < 1.29 is 14.3 Å². The summed E-state index contributed by atoms with van der Waals surface area (Å²) in [6.07, 6.45) is 0. The first-order chi connectivity index (χ1) is 14.6. The summed E-state index contributed by atoms with van der Waals surface area (Å²) >= 11 is 0. The first-order valence-corrected chi connectivity index (χ1v) is 9.51. The van der Waals surface area contributed by atoms with E-state index in [2.05, 4.69) is 20.4 Å². The Morgan fingerprint density at radius 3 is 2.33 bits per heavy atom. The summed E-state index contributed by atoms with van der Waals surface area (Å²) < 4.78 is 7.23. The van der Waals surface area contributed by atoms with Gasteiger partial charge in [-0.2, -0.15) is 4.68 Å². The molecule has 2 N–H and O–H groups in total. The van der Waals surface area contributed by atoms with E-state index in [0.717, 1.165) is 5.69 Å². The molecule has 4 rings (SSSR count). The molecule has 0 spiro atoms. The summed E-state index contributed by atoms with van der Waals surface area (Å²) in [5, 5.41) is 12.0. The van der Waals surface area contributed by atoms with Crippen LogP contribution in [0.3, 0.4) is 0 Å². The number of carbonyl (C=O) groups excluding carboxylic acids is 2. The number of rotatable bonds is 6. The van der Waals surface area contributed by atoms with E-state index in [1.165, 1.54) is 0 Å². The lowest BCUT2D eigenvalue weighted by Gasteiger charge is -2.34. The van der Waals surface area contributed by atoms with Crippen LogP contribution in [0.4, 0.5) is 5.95 Å². The van der Waals surface area contributed by atoms with Gasteiger partial charge in [-0.3, -0.25) is 9.59 Å². The molecule has 0 aliphatic carbocycles. The largest absolute Gasteiger partial charge is 0.484 e. The smallest absolute Gasteiger partial charge is 0.260 e. The number of nitrogens with zero attached hydrogens (tertiary/aromatic N) is 6. The number of anilines is 1. The van der Waals surface area contributed by atoms with E-state index >= 15 is 0 Å². The van der Waals surface area contributed by atoms with Gasteiger partial charge in [0.15, 0.2) is 6.61 Å². The highest BCUT2D eigenvalue weighted by atomic mass is 16.5. The minimum Gasteiger partial charge on any atom is -0.484 e. The van der Waals surface area contributed by atoms with Gasteiger partial charge in [-0.05, 0) is 46.8 Å². The van der Waals surface area contributed by atoms with Gasteiger partial charge >= 0.3 is 0 Å². The zero-order chi connectivity index (χ0) is 20.9. The van der Waals surface area contributed by atoms with Crippen LogP contribution in [-0.2, 0) is 4.79 Å². The van der Waals surface area contributed by atoms with Gasteiger partial charge in [0.2, 0.25) is 11.9 Å². The molecule has 0 unspecified atom stereocenters. The Morgan fingerprint density at radius 2 is 1.67 bits per heavy atom. The molecule has 1 fully saturated rings. The number of nitrogens with two attached hydrogens (primary N) is 1.